The van der Waals surface area contributed by atoms with E-state index in [1.54, 1.807) is 0 Å². The van der Waals surface area contributed by atoms with Crippen molar-refractivity contribution in [3.63, 3.8) is 0 Å². The first-order valence-corrected chi connectivity index (χ1v) is 30.9. The molecule has 0 unspecified atom stereocenters. The van der Waals surface area contributed by atoms with Crippen LogP contribution in [0.25, 0.3) is 0 Å². The van der Waals surface area contributed by atoms with Gasteiger partial charge in [-0.2, -0.15) is 0 Å². The lowest BCUT2D eigenvalue weighted by molar-refractivity contribution is -0.677. The van der Waals surface area contributed by atoms with Gasteiger partial charge in [-0.15, -0.1) is 0 Å². The van der Waals surface area contributed by atoms with Crippen molar-refractivity contribution in [1.82, 2.24) is 36.5 Å². The van der Waals surface area contributed by atoms with Gasteiger partial charge in [-0.05, 0) is 23.9 Å². The average molecular weight is 1400 g/mol. The zero-order chi connectivity index (χ0) is 77.6. The molecule has 0 fully saturated rings. The number of rotatable bonds is 16. The highest BCUT2D eigenvalue weighted by molar-refractivity contribution is 6.47. The average Bonchev–Trinajstić information content (AvgIpc) is 1.97. The highest BCUT2D eigenvalue weighted by atomic mass is 16.4. The summed E-state index contributed by atoms with van der Waals surface area (Å²) in [4.78, 5) is 0. The minimum atomic E-state index is -2.31. The van der Waals surface area contributed by atoms with Crippen LogP contribution in [0.15, 0.2) is 99.1 Å². The summed E-state index contributed by atoms with van der Waals surface area (Å²) in [5, 5.41) is 170. The molecule has 36 nitrogen and oxygen atoms in total. The van der Waals surface area contributed by atoms with Crippen LogP contribution in [0.2, 0.25) is 0 Å². The second-order valence-electron chi connectivity index (χ2n) is 20.8. The van der Waals surface area contributed by atoms with Crippen molar-refractivity contribution in [3.8, 4) is 23.9 Å². The number of nitriles is 4. The molecule has 8 aromatic rings. The van der Waals surface area contributed by atoms with Crippen LogP contribution < -0.4 is 76.7 Å². The van der Waals surface area contributed by atoms with E-state index in [1.807, 2.05) is 284 Å². The first-order chi connectivity index (χ1) is 47.1. The lowest BCUT2D eigenvalue weighted by Gasteiger charge is -2.12. The Morgan fingerprint density at radius 2 is 0.330 bits per heavy atom. The zero-order valence-corrected chi connectivity index (χ0v) is 60.6. The van der Waals surface area contributed by atoms with E-state index in [9.17, 15) is 0 Å². The molecular formula is C60H104B4N20O16. The Morgan fingerprint density at radius 3 is 0.370 bits per heavy atom. The molecule has 0 amide bonds. The quantitative estimate of drug-likeness (QED) is 0.0329. The van der Waals surface area contributed by atoms with Crippen molar-refractivity contribution < 1.29 is 118 Å². The molecule has 0 aromatic carbocycles. The van der Waals surface area contributed by atoms with E-state index in [0.29, 0.717) is 52.4 Å². The number of aromatic nitrogens is 16. The van der Waals surface area contributed by atoms with Gasteiger partial charge in [-0.1, -0.05) is 0 Å². The number of aryl methyl sites for hydroxylation is 8. The molecule has 8 heterocycles. The van der Waals surface area contributed by atoms with Crippen LogP contribution in [0.1, 0.15) is 46.6 Å². The molecule has 0 atom stereocenters. The van der Waals surface area contributed by atoms with Crippen molar-refractivity contribution in [2.24, 2.45) is 56.4 Å². The summed E-state index contributed by atoms with van der Waals surface area (Å²) in [6.07, 6.45) is 31.5. The highest BCUT2D eigenvalue weighted by Crippen LogP contribution is 1.96. The van der Waals surface area contributed by atoms with E-state index >= 15 is 0 Å². The molecule has 0 aliphatic heterocycles. The van der Waals surface area contributed by atoms with Crippen LogP contribution in [0.3, 0.4) is 0 Å². The fraction of sp³-hybridized carbons (Fsp3) is 0.533. The van der Waals surface area contributed by atoms with Gasteiger partial charge in [0.05, 0.1) is 109 Å². The van der Waals surface area contributed by atoms with E-state index in [-0.39, 0.29) is 52.9 Å². The van der Waals surface area contributed by atoms with E-state index in [4.69, 9.17) is 102 Å². The highest BCUT2D eigenvalue weighted by Gasteiger charge is 2.12. The van der Waals surface area contributed by atoms with Crippen LogP contribution in [-0.4, -0.2) is 159 Å². The molecule has 40 heteroatoms. The minimum absolute atomic E-state index is 0.204. The molecule has 8 N–H and O–H groups in total. The molecule has 552 valence electrons. The Bertz CT molecular complexity index is 2920. The number of aliphatic hydroxyl groups excluding tert-OH is 8. The predicted octanol–water partition coefficient (Wildman–Crippen LogP) is -14.1. The van der Waals surface area contributed by atoms with E-state index in [2.05, 4.69) is 0 Å². The molecule has 0 aliphatic rings. The standard InChI is InChI=1S/8C7H13N2O.4CBNO2/c8*1-7-8(2)3-4-9(7)5-6-10;4*3-1-2(4)5/h8*3-4,10H,5-6H2,1-2H3;;;;/q8*+1;4*-2. The SMILES string of the molecule is Cc1n(CCO)cc[n+]1C.Cc1n(CCO)cc[n+]1C.Cc1n(CCO)cc[n+]1C.Cc1n(CCO)cc[n+]1C.Cc1n(CCO)cc[n+]1C.Cc1n(CCO)cc[n+]1C.Cc1n(CCO)cc[n+]1C.Cc1n(CCO)cc[n+]1C.N#CB([O-])[O-].N#CB([O-])[O-].N#CB([O-])[O-].N#CB([O-])[O-]. The molecule has 0 aliphatic carbocycles. The van der Waals surface area contributed by atoms with Crippen molar-refractivity contribution in [1.29, 1.82) is 21.0 Å². The summed E-state index contributed by atoms with van der Waals surface area (Å²) in [6, 6.07) is 0. The van der Waals surface area contributed by atoms with Gasteiger partial charge in [0.2, 0.25) is 0 Å². The van der Waals surface area contributed by atoms with Crippen LogP contribution >= 0.6 is 0 Å². The zero-order valence-electron chi connectivity index (χ0n) is 60.6. The maximum atomic E-state index is 8.98. The fourth-order valence-electron chi connectivity index (χ4n) is 7.54. The van der Waals surface area contributed by atoms with Crippen molar-refractivity contribution in [3.05, 3.63) is 146 Å². The molecule has 0 radical (unpaired) electrons. The van der Waals surface area contributed by atoms with Gasteiger partial charge in [0.1, 0.15) is 152 Å². The van der Waals surface area contributed by atoms with E-state index in [0.717, 1.165) is 70.5 Å². The molecule has 100 heavy (non-hydrogen) atoms. The summed E-state index contributed by atoms with van der Waals surface area (Å²) in [5.74, 6) is 13.0. The molecular weight excluding hydrogens is 1300 g/mol. The molecule has 8 aromatic heterocycles. The summed E-state index contributed by atoms with van der Waals surface area (Å²) in [7, 11) is 6.67. The van der Waals surface area contributed by atoms with E-state index in [1.165, 1.54) is 0 Å². The lowest BCUT2D eigenvalue weighted by atomic mass is 9.97. The predicted molar refractivity (Wildman–Crippen MR) is 345 cm³/mol. The van der Waals surface area contributed by atoms with Crippen LogP contribution in [0.5, 0.6) is 0 Å². The Balaban J connectivity index is -0.000000508. The summed E-state index contributed by atoms with van der Waals surface area (Å²) >= 11 is 0. The third kappa shape index (κ3) is 42.9. The monoisotopic (exact) mass is 1400 g/mol. The first kappa shape index (κ1) is 97.6. The van der Waals surface area contributed by atoms with Gasteiger partial charge in [0, 0.05) is 83.9 Å². The number of nitrogens with zero attached hydrogens (tertiary/aromatic N) is 20. The Hall–Kier alpha value is -8.74. The van der Waals surface area contributed by atoms with Gasteiger partial charge < -0.3 is 81.0 Å². The minimum Gasteiger partial charge on any atom is -0.881 e. The van der Waals surface area contributed by atoms with Crippen molar-refractivity contribution in [2.75, 3.05) is 52.9 Å². The lowest BCUT2D eigenvalue weighted by Crippen LogP contribution is -2.43. The topological polar surface area (TPSA) is 512 Å². The van der Waals surface area contributed by atoms with Gasteiger partial charge in [-0.25, -0.2) is 94.1 Å². The largest absolute Gasteiger partial charge is 0.881 e. The van der Waals surface area contributed by atoms with Gasteiger partial charge in [0.15, 0.2) is 0 Å². The third-order valence-corrected chi connectivity index (χ3v) is 14.3. The second kappa shape index (κ2) is 58.1. The summed E-state index contributed by atoms with van der Waals surface area (Å²) in [5.41, 5.74) is 0. The molecule has 0 saturated carbocycles. The van der Waals surface area contributed by atoms with Crippen molar-refractivity contribution in [2.45, 2.75) is 108 Å². The Labute approximate surface area is 588 Å². The second-order valence-corrected chi connectivity index (χ2v) is 20.8. The maximum Gasteiger partial charge on any atom is 0.253 e. The van der Waals surface area contributed by atoms with Crippen LogP contribution in [-0.2, 0) is 109 Å². The van der Waals surface area contributed by atoms with Gasteiger partial charge in [0.25, 0.3) is 46.6 Å². The third-order valence-electron chi connectivity index (χ3n) is 14.3. The molecule has 0 bridgehead atoms. The Kier molecular flexibility index (Phi) is 56.7. The van der Waals surface area contributed by atoms with Crippen LogP contribution in [0, 0.1) is 100 Å². The molecule has 0 saturated heterocycles. The van der Waals surface area contributed by atoms with E-state index < -0.39 is 28.5 Å². The Morgan fingerprint density at radius 1 is 0.250 bits per heavy atom. The number of hydrogen-bond acceptors (Lipinski definition) is 20. The first-order valence-electron chi connectivity index (χ1n) is 30.9. The number of aliphatic hydroxyl groups is 8. The number of hydrogen-bond donors (Lipinski definition) is 8. The fourth-order valence-corrected chi connectivity index (χ4v) is 7.54. The van der Waals surface area contributed by atoms with Gasteiger partial charge in [-0.3, -0.25) is 0 Å². The summed E-state index contributed by atoms with van der Waals surface area (Å²) in [6.45, 7) is 23.3. The number of imidazole rings is 8. The molecule has 8 rings (SSSR count). The van der Waals surface area contributed by atoms with Gasteiger partial charge >= 0.3 is 0 Å². The normalized spacial score (nSPS) is 9.40. The smallest absolute Gasteiger partial charge is 0.253 e. The maximum absolute atomic E-state index is 8.98. The molecule has 0 spiro atoms. The summed E-state index contributed by atoms with van der Waals surface area (Å²) < 4.78 is 32.3. The van der Waals surface area contributed by atoms with Crippen molar-refractivity contribution >= 4 is 28.5 Å². The van der Waals surface area contributed by atoms with Crippen LogP contribution in [0.4, 0.5) is 0 Å².